The van der Waals surface area contributed by atoms with E-state index in [0.717, 1.165) is 62.0 Å². The van der Waals surface area contributed by atoms with Gasteiger partial charge in [0.1, 0.15) is 0 Å². The summed E-state index contributed by atoms with van der Waals surface area (Å²) in [5, 5.41) is 1.88. The second kappa shape index (κ2) is 6.59. The molecule has 25 heavy (non-hydrogen) atoms. The Morgan fingerprint density at radius 1 is 0.920 bits per heavy atom. The van der Waals surface area contributed by atoms with Gasteiger partial charge in [0.05, 0.1) is 10.6 Å². The number of unbranched alkanes of at least 4 members (excludes halogenated alkanes) is 1. The molecule has 0 amide bonds. The second-order valence-corrected chi connectivity index (χ2v) is 8.89. The largest absolute Gasteiger partial charge is 0.304 e. The molecule has 134 valence electrons. The van der Waals surface area contributed by atoms with Gasteiger partial charge in [-0.1, -0.05) is 24.3 Å². The van der Waals surface area contributed by atoms with Crippen molar-refractivity contribution in [2.75, 3.05) is 50.6 Å². The number of hydrogen-bond donors (Lipinski definition) is 0. The number of rotatable bonds is 5. The lowest BCUT2D eigenvalue weighted by molar-refractivity contribution is 0.152. The van der Waals surface area contributed by atoms with Crippen molar-refractivity contribution in [1.82, 2.24) is 9.80 Å². The molecule has 2 heterocycles. The van der Waals surface area contributed by atoms with Gasteiger partial charge in [0.2, 0.25) is 0 Å². The Hall–Kier alpha value is -1.63. The highest BCUT2D eigenvalue weighted by Gasteiger charge is 2.34. The predicted octanol–water partition coefficient (Wildman–Crippen LogP) is 2.38. The zero-order valence-electron chi connectivity index (χ0n) is 14.7. The van der Waals surface area contributed by atoms with Crippen molar-refractivity contribution in [1.29, 1.82) is 0 Å². The molecule has 0 saturated carbocycles. The Morgan fingerprint density at radius 2 is 1.60 bits per heavy atom. The highest BCUT2D eigenvalue weighted by atomic mass is 32.2. The molecule has 2 aromatic carbocycles. The van der Waals surface area contributed by atoms with E-state index in [2.05, 4.69) is 16.8 Å². The lowest BCUT2D eigenvalue weighted by Crippen LogP contribution is -2.44. The van der Waals surface area contributed by atoms with Gasteiger partial charge in [-0.15, -0.1) is 0 Å². The molecule has 0 spiro atoms. The Balaban J connectivity index is 1.43. The van der Waals surface area contributed by atoms with Crippen molar-refractivity contribution in [3.05, 3.63) is 36.4 Å². The highest BCUT2D eigenvalue weighted by Crippen LogP contribution is 2.41. The Morgan fingerprint density at radius 3 is 2.36 bits per heavy atom. The SMILES string of the molecule is CN1CCN(CCCCN2c3cccc4cccc(c34)S2(=O)=O)CC1. The lowest BCUT2D eigenvalue weighted by Gasteiger charge is -2.32. The number of likely N-dealkylation sites (N-methyl/N-ethyl adjacent to an activating group) is 1. The maximum atomic E-state index is 12.9. The predicted molar refractivity (Wildman–Crippen MR) is 102 cm³/mol. The summed E-state index contributed by atoms with van der Waals surface area (Å²) in [6.45, 7) is 6.09. The summed E-state index contributed by atoms with van der Waals surface area (Å²) in [4.78, 5) is 5.29. The zero-order valence-corrected chi connectivity index (χ0v) is 15.5. The van der Waals surface area contributed by atoms with Crippen LogP contribution in [0.1, 0.15) is 12.8 Å². The van der Waals surface area contributed by atoms with Gasteiger partial charge >= 0.3 is 0 Å². The molecule has 6 heteroatoms. The summed E-state index contributed by atoms with van der Waals surface area (Å²) < 4.78 is 27.4. The molecule has 4 rings (SSSR count). The molecule has 2 aromatic rings. The van der Waals surface area contributed by atoms with Gasteiger partial charge in [-0.25, -0.2) is 8.42 Å². The van der Waals surface area contributed by atoms with Crippen molar-refractivity contribution < 1.29 is 8.42 Å². The minimum Gasteiger partial charge on any atom is -0.304 e. The molecule has 2 aliphatic heterocycles. The molecule has 0 bridgehead atoms. The monoisotopic (exact) mass is 359 g/mol. The van der Waals surface area contributed by atoms with Gasteiger partial charge in [-0.2, -0.15) is 0 Å². The first-order chi connectivity index (χ1) is 12.1. The van der Waals surface area contributed by atoms with Crippen molar-refractivity contribution in [3.8, 4) is 0 Å². The van der Waals surface area contributed by atoms with E-state index in [1.165, 1.54) is 0 Å². The van der Waals surface area contributed by atoms with Gasteiger partial charge in [0.25, 0.3) is 10.0 Å². The number of benzene rings is 2. The van der Waals surface area contributed by atoms with E-state index in [4.69, 9.17) is 0 Å². The third-order valence-corrected chi connectivity index (χ3v) is 7.22. The molecule has 0 aliphatic carbocycles. The minimum atomic E-state index is -3.40. The summed E-state index contributed by atoms with van der Waals surface area (Å²) in [5.74, 6) is 0. The molecule has 1 fully saturated rings. The Labute approximate surface area is 149 Å². The first kappa shape index (κ1) is 16.8. The second-order valence-electron chi connectivity index (χ2n) is 7.06. The van der Waals surface area contributed by atoms with E-state index in [1.54, 1.807) is 10.4 Å². The van der Waals surface area contributed by atoms with E-state index < -0.39 is 10.0 Å². The fraction of sp³-hybridized carbons (Fsp3) is 0.474. The molecule has 0 radical (unpaired) electrons. The van der Waals surface area contributed by atoms with Gasteiger partial charge in [0, 0.05) is 38.1 Å². The smallest absolute Gasteiger partial charge is 0.265 e. The molecular formula is C19H25N3O2S. The van der Waals surface area contributed by atoms with Crippen LogP contribution in [0.5, 0.6) is 0 Å². The number of piperazine rings is 1. The van der Waals surface area contributed by atoms with Crippen LogP contribution in [-0.4, -0.2) is 64.5 Å². The van der Waals surface area contributed by atoms with Crippen LogP contribution >= 0.6 is 0 Å². The number of hydrogen-bond acceptors (Lipinski definition) is 4. The van der Waals surface area contributed by atoms with Crippen LogP contribution < -0.4 is 4.31 Å². The molecule has 0 unspecified atom stereocenters. The van der Waals surface area contributed by atoms with Gasteiger partial charge in [-0.3, -0.25) is 4.31 Å². The number of nitrogens with zero attached hydrogens (tertiary/aromatic N) is 3. The number of sulfonamides is 1. The third kappa shape index (κ3) is 3.03. The standard InChI is InChI=1S/C19H25N3O2S/c1-20-12-14-21(15-13-20)10-2-3-11-22-17-8-4-6-16-7-5-9-18(19(16)17)25(22,23)24/h4-9H,2-3,10-15H2,1H3. The van der Waals surface area contributed by atoms with Crippen molar-refractivity contribution in [2.24, 2.45) is 0 Å². The average Bonchev–Trinajstić information content (AvgIpc) is 2.83. The summed E-state index contributed by atoms with van der Waals surface area (Å²) in [5.41, 5.74) is 0.840. The van der Waals surface area contributed by atoms with Crippen LogP contribution in [0, 0.1) is 0 Å². The minimum absolute atomic E-state index is 0.458. The molecule has 5 nitrogen and oxygen atoms in total. The van der Waals surface area contributed by atoms with Gasteiger partial charge in [-0.05, 0) is 44.0 Å². The first-order valence-corrected chi connectivity index (χ1v) is 10.5. The quantitative estimate of drug-likeness (QED) is 0.769. The molecule has 0 aromatic heterocycles. The van der Waals surface area contributed by atoms with Crippen LogP contribution in [0.4, 0.5) is 5.69 Å². The van der Waals surface area contributed by atoms with Crippen molar-refractivity contribution >= 4 is 26.5 Å². The molecule has 0 atom stereocenters. The van der Waals surface area contributed by atoms with E-state index in [1.807, 2.05) is 30.3 Å². The van der Waals surface area contributed by atoms with Crippen LogP contribution in [-0.2, 0) is 10.0 Å². The summed E-state index contributed by atoms with van der Waals surface area (Å²) in [7, 11) is -1.24. The van der Waals surface area contributed by atoms with Gasteiger partial charge in [0.15, 0.2) is 0 Å². The zero-order chi connectivity index (χ0) is 17.4. The lowest BCUT2D eigenvalue weighted by atomic mass is 10.1. The fourth-order valence-electron chi connectivity index (χ4n) is 3.86. The normalized spacial score (nSPS) is 20.4. The summed E-state index contributed by atoms with van der Waals surface area (Å²) >= 11 is 0. The maximum absolute atomic E-state index is 12.9. The average molecular weight is 359 g/mol. The fourth-order valence-corrected chi connectivity index (χ4v) is 5.61. The Bertz CT molecular complexity index is 868. The van der Waals surface area contributed by atoms with E-state index in [-0.39, 0.29) is 0 Å². The molecule has 2 aliphatic rings. The molecule has 0 N–H and O–H groups in total. The summed E-state index contributed by atoms with van der Waals surface area (Å²) in [6, 6.07) is 11.4. The molecular weight excluding hydrogens is 334 g/mol. The van der Waals surface area contributed by atoms with E-state index in [0.29, 0.717) is 11.4 Å². The van der Waals surface area contributed by atoms with E-state index in [9.17, 15) is 8.42 Å². The van der Waals surface area contributed by atoms with Crippen LogP contribution in [0.25, 0.3) is 10.8 Å². The first-order valence-electron chi connectivity index (χ1n) is 9.03. The number of anilines is 1. The van der Waals surface area contributed by atoms with Gasteiger partial charge < -0.3 is 9.80 Å². The van der Waals surface area contributed by atoms with E-state index >= 15 is 0 Å². The van der Waals surface area contributed by atoms with Crippen molar-refractivity contribution in [3.63, 3.8) is 0 Å². The van der Waals surface area contributed by atoms with Crippen LogP contribution in [0.3, 0.4) is 0 Å². The van der Waals surface area contributed by atoms with Crippen molar-refractivity contribution in [2.45, 2.75) is 17.7 Å². The highest BCUT2D eigenvalue weighted by molar-refractivity contribution is 7.93. The molecule has 1 saturated heterocycles. The van der Waals surface area contributed by atoms with Crippen LogP contribution in [0.2, 0.25) is 0 Å². The third-order valence-electron chi connectivity index (χ3n) is 5.36. The Kier molecular flexibility index (Phi) is 4.43. The van der Waals surface area contributed by atoms with Crippen LogP contribution in [0.15, 0.2) is 41.3 Å². The topological polar surface area (TPSA) is 43.9 Å². The summed E-state index contributed by atoms with van der Waals surface area (Å²) in [6.07, 6.45) is 1.91. The maximum Gasteiger partial charge on any atom is 0.265 e.